The molecule has 1 amide bonds. The van der Waals surface area contributed by atoms with Crippen LogP contribution < -0.4 is 10.5 Å². The third-order valence-electron chi connectivity index (χ3n) is 3.10. The Morgan fingerprint density at radius 1 is 1.38 bits per heavy atom. The summed E-state index contributed by atoms with van der Waals surface area (Å²) in [6.07, 6.45) is 0. The van der Waals surface area contributed by atoms with Crippen molar-refractivity contribution in [1.29, 1.82) is 0 Å². The maximum Gasteiger partial charge on any atom is 0.239 e. The third kappa shape index (κ3) is 5.89. The lowest BCUT2D eigenvalue weighted by molar-refractivity contribution is -0.133. The van der Waals surface area contributed by atoms with Gasteiger partial charge in [0.25, 0.3) is 0 Å². The molecule has 0 fully saturated rings. The predicted octanol–water partition coefficient (Wildman–Crippen LogP) is 2.46. The minimum Gasteiger partial charge on any atom is -0.489 e. The van der Waals surface area contributed by atoms with E-state index in [1.807, 2.05) is 20.8 Å². The van der Waals surface area contributed by atoms with Gasteiger partial charge in [-0.1, -0.05) is 32.9 Å². The molecule has 0 spiro atoms. The number of hydrogen-bond donors (Lipinski definition) is 1. The van der Waals surface area contributed by atoms with Crippen LogP contribution in [-0.4, -0.2) is 37.0 Å². The van der Waals surface area contributed by atoms with Crippen LogP contribution >= 0.6 is 12.4 Å². The van der Waals surface area contributed by atoms with E-state index in [1.165, 1.54) is 11.0 Å². The molecule has 0 aliphatic rings. The minimum atomic E-state index is -0.569. The molecule has 0 aromatic heterocycles. The van der Waals surface area contributed by atoms with Gasteiger partial charge in [0.05, 0.1) is 12.6 Å². The van der Waals surface area contributed by atoms with Gasteiger partial charge in [0.1, 0.15) is 6.61 Å². The highest BCUT2D eigenvalue weighted by molar-refractivity contribution is 5.85. The van der Waals surface area contributed by atoms with Gasteiger partial charge >= 0.3 is 0 Å². The van der Waals surface area contributed by atoms with Crippen LogP contribution in [0.2, 0.25) is 0 Å². The number of nitrogens with two attached hydrogens (primary N) is 1. The molecule has 1 aromatic rings. The summed E-state index contributed by atoms with van der Waals surface area (Å²) in [5, 5.41) is 0. The van der Waals surface area contributed by atoms with E-state index in [1.54, 1.807) is 25.2 Å². The molecule has 0 unspecified atom stereocenters. The quantitative estimate of drug-likeness (QED) is 0.907. The molecule has 1 rings (SSSR count). The Balaban J connectivity index is 0.00000400. The van der Waals surface area contributed by atoms with Crippen molar-refractivity contribution >= 4 is 18.3 Å². The van der Waals surface area contributed by atoms with Gasteiger partial charge in [0.15, 0.2) is 11.6 Å². The second-order valence-corrected chi connectivity index (χ2v) is 5.88. The highest BCUT2D eigenvalue weighted by Gasteiger charge is 2.29. The van der Waals surface area contributed by atoms with Crippen LogP contribution in [0.4, 0.5) is 4.39 Å². The predicted molar refractivity (Wildman–Crippen MR) is 84.2 cm³/mol. The molecular weight excluding hydrogens is 295 g/mol. The van der Waals surface area contributed by atoms with Crippen LogP contribution in [0.15, 0.2) is 24.3 Å². The monoisotopic (exact) mass is 318 g/mol. The van der Waals surface area contributed by atoms with Crippen LogP contribution in [0.3, 0.4) is 0 Å². The first-order chi connectivity index (χ1) is 9.23. The van der Waals surface area contributed by atoms with E-state index in [4.69, 9.17) is 10.5 Å². The highest BCUT2D eigenvalue weighted by Crippen LogP contribution is 2.19. The number of hydrogen-bond acceptors (Lipinski definition) is 3. The number of carbonyl (C=O) groups is 1. The van der Waals surface area contributed by atoms with Gasteiger partial charge in [-0.2, -0.15) is 0 Å². The van der Waals surface area contributed by atoms with Crippen molar-refractivity contribution in [2.24, 2.45) is 11.1 Å². The summed E-state index contributed by atoms with van der Waals surface area (Å²) in [4.78, 5) is 13.6. The maximum absolute atomic E-state index is 13.3. The number of benzene rings is 1. The molecule has 120 valence electrons. The molecule has 21 heavy (non-hydrogen) atoms. The molecule has 0 aliphatic heterocycles. The van der Waals surface area contributed by atoms with Crippen LogP contribution in [0, 0.1) is 11.2 Å². The summed E-state index contributed by atoms with van der Waals surface area (Å²) in [5.41, 5.74) is 5.62. The van der Waals surface area contributed by atoms with Crippen LogP contribution in [-0.2, 0) is 4.79 Å². The van der Waals surface area contributed by atoms with Gasteiger partial charge in [-0.05, 0) is 17.5 Å². The van der Waals surface area contributed by atoms with Crippen LogP contribution in [0.1, 0.15) is 20.8 Å². The summed E-state index contributed by atoms with van der Waals surface area (Å²) >= 11 is 0. The van der Waals surface area contributed by atoms with E-state index in [0.717, 1.165) is 0 Å². The van der Waals surface area contributed by atoms with Crippen LogP contribution in [0.25, 0.3) is 0 Å². The van der Waals surface area contributed by atoms with Gasteiger partial charge in [-0.25, -0.2) is 4.39 Å². The van der Waals surface area contributed by atoms with Crippen LogP contribution in [0.5, 0.6) is 5.75 Å². The van der Waals surface area contributed by atoms with Gasteiger partial charge in [-0.3, -0.25) is 4.79 Å². The van der Waals surface area contributed by atoms with Crippen molar-refractivity contribution in [2.45, 2.75) is 26.8 Å². The number of para-hydroxylation sites is 1. The Morgan fingerprint density at radius 3 is 2.48 bits per heavy atom. The number of halogens is 2. The average molecular weight is 319 g/mol. The number of carbonyl (C=O) groups excluding carboxylic acids is 1. The second kappa shape index (κ2) is 8.20. The second-order valence-electron chi connectivity index (χ2n) is 5.88. The molecule has 0 aliphatic carbocycles. The molecule has 0 saturated carbocycles. The number of nitrogens with zero attached hydrogens (tertiary/aromatic N) is 1. The van der Waals surface area contributed by atoms with E-state index in [2.05, 4.69) is 0 Å². The first-order valence-corrected chi connectivity index (χ1v) is 6.61. The lowest BCUT2D eigenvalue weighted by atomic mass is 9.86. The van der Waals surface area contributed by atoms with E-state index in [-0.39, 0.29) is 36.1 Å². The molecule has 0 saturated heterocycles. The molecule has 0 radical (unpaired) electrons. The zero-order chi connectivity index (χ0) is 15.3. The third-order valence-corrected chi connectivity index (χ3v) is 3.10. The van der Waals surface area contributed by atoms with Crippen molar-refractivity contribution in [3.05, 3.63) is 30.1 Å². The topological polar surface area (TPSA) is 55.6 Å². The summed E-state index contributed by atoms with van der Waals surface area (Å²) in [7, 11) is 1.67. The molecule has 4 nitrogen and oxygen atoms in total. The smallest absolute Gasteiger partial charge is 0.239 e. The first-order valence-electron chi connectivity index (χ1n) is 6.61. The van der Waals surface area contributed by atoms with Crippen molar-refractivity contribution in [1.82, 2.24) is 4.90 Å². The van der Waals surface area contributed by atoms with Gasteiger partial charge in [-0.15, -0.1) is 12.4 Å². The van der Waals surface area contributed by atoms with Crippen molar-refractivity contribution < 1.29 is 13.9 Å². The molecular formula is C15H24ClFN2O2. The van der Waals surface area contributed by atoms with Crippen molar-refractivity contribution in [3.8, 4) is 5.75 Å². The minimum absolute atomic E-state index is 0. The molecule has 2 N–H and O–H groups in total. The maximum atomic E-state index is 13.3. The van der Waals surface area contributed by atoms with Gasteiger partial charge in [0.2, 0.25) is 5.91 Å². The zero-order valence-corrected chi connectivity index (χ0v) is 13.7. The zero-order valence-electron chi connectivity index (χ0n) is 12.9. The fourth-order valence-electron chi connectivity index (χ4n) is 1.57. The van der Waals surface area contributed by atoms with Gasteiger partial charge in [0, 0.05) is 7.05 Å². The van der Waals surface area contributed by atoms with E-state index in [9.17, 15) is 9.18 Å². The van der Waals surface area contributed by atoms with E-state index in [0.29, 0.717) is 6.54 Å². The largest absolute Gasteiger partial charge is 0.489 e. The lowest BCUT2D eigenvalue weighted by Crippen LogP contribution is -2.50. The fraction of sp³-hybridized carbons (Fsp3) is 0.533. The van der Waals surface area contributed by atoms with Crippen molar-refractivity contribution in [2.75, 3.05) is 20.2 Å². The lowest BCUT2D eigenvalue weighted by Gasteiger charge is -2.29. The SMILES string of the molecule is CN(CCOc1ccccc1F)C(=O)[C@@H](N)C(C)(C)C.Cl. The molecule has 6 heteroatoms. The summed E-state index contributed by atoms with van der Waals surface area (Å²) < 4.78 is 18.6. The Kier molecular flexibility index (Phi) is 7.68. The number of rotatable bonds is 5. The first kappa shape index (κ1) is 19.7. The Labute approximate surface area is 131 Å². The van der Waals surface area contributed by atoms with Gasteiger partial charge < -0.3 is 15.4 Å². The standard InChI is InChI=1S/C15H23FN2O2.ClH/c1-15(2,3)13(17)14(19)18(4)9-10-20-12-8-6-5-7-11(12)16;/h5-8,13H,9-10,17H2,1-4H3;1H/t13-;/m1./s1. The molecule has 0 heterocycles. The Hall–Kier alpha value is -1.33. The fourth-order valence-corrected chi connectivity index (χ4v) is 1.57. The number of likely N-dealkylation sites (N-methyl/N-ethyl adjacent to an activating group) is 1. The number of amides is 1. The number of ether oxygens (including phenoxy) is 1. The summed E-state index contributed by atoms with van der Waals surface area (Å²) in [6, 6.07) is 5.61. The van der Waals surface area contributed by atoms with Crippen molar-refractivity contribution in [3.63, 3.8) is 0 Å². The normalized spacial score (nSPS) is 12.3. The Bertz CT molecular complexity index is 463. The van der Waals surface area contributed by atoms with E-state index < -0.39 is 11.9 Å². The average Bonchev–Trinajstić information content (AvgIpc) is 2.38. The summed E-state index contributed by atoms with van der Waals surface area (Å²) in [6.45, 7) is 6.33. The molecule has 0 bridgehead atoms. The molecule has 1 atom stereocenters. The highest BCUT2D eigenvalue weighted by atomic mass is 35.5. The summed E-state index contributed by atoms with van der Waals surface area (Å²) in [5.74, 6) is -0.365. The molecule has 1 aromatic carbocycles. The Morgan fingerprint density at radius 2 is 1.95 bits per heavy atom. The van der Waals surface area contributed by atoms with E-state index >= 15 is 0 Å².